The van der Waals surface area contributed by atoms with E-state index >= 15 is 0 Å². The zero-order valence-electron chi connectivity index (χ0n) is 10.6. The Kier molecular flexibility index (Phi) is 3.35. The van der Waals surface area contributed by atoms with Crippen LogP contribution in [0.25, 0.3) is 0 Å². The van der Waals surface area contributed by atoms with Gasteiger partial charge in [0, 0.05) is 31.5 Å². The van der Waals surface area contributed by atoms with Gasteiger partial charge in [-0.1, -0.05) is 0 Å². The van der Waals surface area contributed by atoms with Crippen LogP contribution in [-0.4, -0.2) is 37.1 Å². The Morgan fingerprint density at radius 2 is 2.33 bits per heavy atom. The molecule has 1 atom stereocenters. The third kappa shape index (κ3) is 2.29. The van der Waals surface area contributed by atoms with Gasteiger partial charge in [-0.05, 0) is 25.7 Å². The molecule has 1 saturated heterocycles. The summed E-state index contributed by atoms with van der Waals surface area (Å²) in [5.74, 6) is 0.212. The van der Waals surface area contributed by atoms with E-state index in [0.29, 0.717) is 12.5 Å². The Morgan fingerprint density at radius 1 is 1.44 bits per heavy atom. The van der Waals surface area contributed by atoms with Crippen LogP contribution in [0.1, 0.15) is 41.0 Å². The minimum atomic E-state index is 0.212. The predicted molar refractivity (Wildman–Crippen MR) is 71.6 cm³/mol. The average Bonchev–Trinajstić information content (AvgIpc) is 2.97. The van der Waals surface area contributed by atoms with Gasteiger partial charge < -0.3 is 9.64 Å². The molecule has 1 aliphatic carbocycles. The molecule has 1 unspecified atom stereocenters. The normalized spacial score (nSPS) is 23.2. The molecular formula is C13H18N2O2S. The zero-order chi connectivity index (χ0) is 12.5. The number of carbonyl (C=O) groups is 1. The van der Waals surface area contributed by atoms with Gasteiger partial charge in [0.1, 0.15) is 5.69 Å². The van der Waals surface area contributed by atoms with Gasteiger partial charge in [0.2, 0.25) is 0 Å². The molecule has 0 amide bonds. The van der Waals surface area contributed by atoms with Crippen molar-refractivity contribution in [2.24, 2.45) is 0 Å². The maximum atomic E-state index is 11.8. The average molecular weight is 266 g/mol. The van der Waals surface area contributed by atoms with Gasteiger partial charge in [-0.25, -0.2) is 4.98 Å². The molecule has 1 fully saturated rings. The summed E-state index contributed by atoms with van der Waals surface area (Å²) in [7, 11) is 2.04. The lowest BCUT2D eigenvalue weighted by atomic mass is 10.0. The lowest BCUT2D eigenvalue weighted by Crippen LogP contribution is -2.28. The number of nitrogens with zero attached hydrogens (tertiary/aromatic N) is 2. The number of ether oxygens (including phenoxy) is 1. The van der Waals surface area contributed by atoms with Crippen LogP contribution >= 0.6 is 11.3 Å². The van der Waals surface area contributed by atoms with E-state index in [4.69, 9.17) is 4.74 Å². The molecule has 98 valence electrons. The highest BCUT2D eigenvalue weighted by Gasteiger charge is 2.25. The molecule has 2 heterocycles. The highest BCUT2D eigenvalue weighted by molar-refractivity contribution is 7.16. The van der Waals surface area contributed by atoms with Crippen molar-refractivity contribution in [1.82, 2.24) is 4.98 Å². The molecule has 1 aromatic rings. The Balaban J connectivity index is 1.73. The second kappa shape index (κ2) is 4.97. The Morgan fingerprint density at radius 3 is 3.06 bits per heavy atom. The molecule has 0 N–H and O–H groups in total. The van der Waals surface area contributed by atoms with Crippen molar-refractivity contribution in [3.63, 3.8) is 0 Å². The quantitative estimate of drug-likeness (QED) is 0.841. The van der Waals surface area contributed by atoms with Crippen molar-refractivity contribution < 1.29 is 9.53 Å². The summed E-state index contributed by atoms with van der Waals surface area (Å²) >= 11 is 1.67. The van der Waals surface area contributed by atoms with Crippen LogP contribution in [-0.2, 0) is 11.2 Å². The van der Waals surface area contributed by atoms with Gasteiger partial charge in [-0.2, -0.15) is 0 Å². The van der Waals surface area contributed by atoms with Crippen molar-refractivity contribution in [1.29, 1.82) is 0 Å². The van der Waals surface area contributed by atoms with Gasteiger partial charge in [0.15, 0.2) is 10.9 Å². The molecule has 1 aliphatic heterocycles. The molecular weight excluding hydrogens is 248 g/mol. The first kappa shape index (κ1) is 12.1. The molecule has 2 aliphatic rings. The molecule has 0 spiro atoms. The second-order valence-corrected chi connectivity index (χ2v) is 6.12. The lowest BCUT2D eigenvalue weighted by molar-refractivity contribution is 0.0968. The van der Waals surface area contributed by atoms with Crippen molar-refractivity contribution in [3.05, 3.63) is 10.6 Å². The molecule has 0 bridgehead atoms. The summed E-state index contributed by atoms with van der Waals surface area (Å²) in [4.78, 5) is 19.6. The number of fused-ring (bicyclic) bond motifs is 1. The summed E-state index contributed by atoms with van der Waals surface area (Å²) < 4.78 is 5.64. The summed E-state index contributed by atoms with van der Waals surface area (Å²) in [6, 6.07) is 0. The molecule has 1 aromatic heterocycles. The fourth-order valence-corrected chi connectivity index (χ4v) is 3.68. The van der Waals surface area contributed by atoms with Gasteiger partial charge in [0.05, 0.1) is 6.10 Å². The number of likely N-dealkylation sites (N-methyl/N-ethyl adjacent to an activating group) is 1. The van der Waals surface area contributed by atoms with E-state index in [2.05, 4.69) is 9.88 Å². The Labute approximate surface area is 111 Å². The SMILES string of the molecule is CN(CC1CCCO1)c1nc2c(s1)CCCC2=O. The van der Waals surface area contributed by atoms with Crippen LogP contribution in [0.5, 0.6) is 0 Å². The number of aryl methyl sites for hydroxylation is 1. The molecule has 0 aromatic carbocycles. The number of aromatic nitrogens is 1. The van der Waals surface area contributed by atoms with Gasteiger partial charge in [-0.3, -0.25) is 4.79 Å². The third-order valence-corrected chi connectivity index (χ3v) is 4.82. The number of anilines is 1. The van der Waals surface area contributed by atoms with E-state index in [1.165, 1.54) is 4.88 Å². The van der Waals surface area contributed by atoms with Crippen LogP contribution in [0, 0.1) is 0 Å². The minimum absolute atomic E-state index is 0.212. The summed E-state index contributed by atoms with van der Waals surface area (Å²) in [5.41, 5.74) is 0.723. The number of thiazole rings is 1. The molecule has 18 heavy (non-hydrogen) atoms. The van der Waals surface area contributed by atoms with E-state index < -0.39 is 0 Å². The highest BCUT2D eigenvalue weighted by atomic mass is 32.1. The maximum absolute atomic E-state index is 11.8. The van der Waals surface area contributed by atoms with Gasteiger partial charge in [-0.15, -0.1) is 11.3 Å². The van der Waals surface area contributed by atoms with Crippen molar-refractivity contribution in [2.75, 3.05) is 25.1 Å². The number of ketones is 1. The maximum Gasteiger partial charge on any atom is 0.186 e. The second-order valence-electron chi connectivity index (χ2n) is 5.06. The monoisotopic (exact) mass is 266 g/mol. The molecule has 0 saturated carbocycles. The molecule has 4 nitrogen and oxygen atoms in total. The summed E-state index contributed by atoms with van der Waals surface area (Å²) in [5, 5.41) is 0.964. The Bertz CT molecular complexity index is 452. The van der Waals surface area contributed by atoms with E-state index in [1.807, 2.05) is 7.05 Å². The van der Waals surface area contributed by atoms with Gasteiger partial charge >= 0.3 is 0 Å². The number of carbonyl (C=O) groups excluding carboxylic acids is 1. The molecule has 3 rings (SSSR count). The van der Waals surface area contributed by atoms with Crippen LogP contribution in [0.2, 0.25) is 0 Å². The highest BCUT2D eigenvalue weighted by Crippen LogP contribution is 2.31. The van der Waals surface area contributed by atoms with Crippen LogP contribution in [0.3, 0.4) is 0 Å². The predicted octanol–water partition coefficient (Wildman–Crippen LogP) is 2.28. The smallest absolute Gasteiger partial charge is 0.186 e. The van der Waals surface area contributed by atoms with Crippen LogP contribution < -0.4 is 4.90 Å². The minimum Gasteiger partial charge on any atom is -0.376 e. The topological polar surface area (TPSA) is 42.4 Å². The van der Waals surface area contributed by atoms with E-state index in [0.717, 1.165) is 49.7 Å². The largest absolute Gasteiger partial charge is 0.376 e. The number of hydrogen-bond donors (Lipinski definition) is 0. The van der Waals surface area contributed by atoms with Crippen molar-refractivity contribution >= 4 is 22.3 Å². The summed E-state index contributed by atoms with van der Waals surface area (Å²) in [6.45, 7) is 1.76. The van der Waals surface area contributed by atoms with E-state index in [-0.39, 0.29) is 5.78 Å². The first-order valence-corrected chi connectivity index (χ1v) is 7.41. The first-order valence-electron chi connectivity index (χ1n) is 6.59. The van der Waals surface area contributed by atoms with Crippen LogP contribution in [0.15, 0.2) is 0 Å². The number of hydrogen-bond acceptors (Lipinski definition) is 5. The zero-order valence-corrected chi connectivity index (χ0v) is 11.5. The molecule has 5 heteroatoms. The van der Waals surface area contributed by atoms with E-state index in [1.54, 1.807) is 11.3 Å². The lowest BCUT2D eigenvalue weighted by Gasteiger charge is -2.19. The van der Waals surface area contributed by atoms with Gasteiger partial charge in [0.25, 0.3) is 0 Å². The van der Waals surface area contributed by atoms with Crippen LogP contribution in [0.4, 0.5) is 5.13 Å². The fourth-order valence-electron chi connectivity index (χ4n) is 2.59. The number of rotatable bonds is 3. The summed E-state index contributed by atoms with van der Waals surface area (Å²) in [6.07, 6.45) is 5.26. The third-order valence-electron chi connectivity index (χ3n) is 3.59. The Hall–Kier alpha value is -0.940. The standard InChI is InChI=1S/C13H18N2O2S/c1-15(8-9-4-3-7-17-9)13-14-12-10(16)5-2-6-11(12)18-13/h9H,2-8H2,1H3. The van der Waals surface area contributed by atoms with Crippen molar-refractivity contribution in [3.8, 4) is 0 Å². The first-order chi connectivity index (χ1) is 8.74. The number of Topliss-reactive ketones (excluding diaryl/α,β-unsaturated/α-hetero) is 1. The van der Waals surface area contributed by atoms with Crippen molar-refractivity contribution in [2.45, 2.75) is 38.2 Å². The molecule has 0 radical (unpaired) electrons. The fraction of sp³-hybridized carbons (Fsp3) is 0.692. The van der Waals surface area contributed by atoms with E-state index in [9.17, 15) is 4.79 Å².